The maximum atomic E-state index is 5.88. The lowest BCUT2D eigenvalue weighted by atomic mass is 9.98. The molecule has 2 heterocycles. The van der Waals surface area contributed by atoms with Gasteiger partial charge in [-0.25, -0.2) is 0 Å². The van der Waals surface area contributed by atoms with Crippen LogP contribution in [0.15, 0.2) is 16.5 Å². The van der Waals surface area contributed by atoms with Gasteiger partial charge in [-0.2, -0.15) is 0 Å². The first-order valence-corrected chi connectivity index (χ1v) is 7.81. The van der Waals surface area contributed by atoms with Gasteiger partial charge in [0.2, 0.25) is 0 Å². The SMILES string of the molecule is CCCNCc1ccc(CN2CCC(COC)CC2)o1. The molecule has 1 aromatic heterocycles. The van der Waals surface area contributed by atoms with Crippen LogP contribution in [0, 0.1) is 5.92 Å². The minimum Gasteiger partial charge on any atom is -0.463 e. The van der Waals surface area contributed by atoms with Crippen molar-refractivity contribution in [1.82, 2.24) is 10.2 Å². The highest BCUT2D eigenvalue weighted by Gasteiger charge is 2.19. The maximum Gasteiger partial charge on any atom is 0.118 e. The number of nitrogens with one attached hydrogen (secondary N) is 1. The molecule has 0 atom stereocenters. The quantitative estimate of drug-likeness (QED) is 0.743. The number of hydrogen-bond donors (Lipinski definition) is 1. The highest BCUT2D eigenvalue weighted by molar-refractivity contribution is 5.07. The van der Waals surface area contributed by atoms with E-state index in [2.05, 4.69) is 29.3 Å². The molecule has 4 heteroatoms. The number of ether oxygens (including phenoxy) is 1. The average molecular weight is 280 g/mol. The molecule has 0 radical (unpaired) electrons. The van der Waals surface area contributed by atoms with Crippen molar-refractivity contribution in [3.63, 3.8) is 0 Å². The lowest BCUT2D eigenvalue weighted by Crippen LogP contribution is -2.34. The number of furan rings is 1. The molecule has 0 aliphatic carbocycles. The Morgan fingerprint density at radius 1 is 1.30 bits per heavy atom. The van der Waals surface area contributed by atoms with Crippen LogP contribution in [0.5, 0.6) is 0 Å². The van der Waals surface area contributed by atoms with Gasteiger partial charge in [0, 0.05) is 13.7 Å². The van der Waals surface area contributed by atoms with Crippen LogP contribution in [0.3, 0.4) is 0 Å². The summed E-state index contributed by atoms with van der Waals surface area (Å²) < 4.78 is 11.1. The maximum absolute atomic E-state index is 5.88. The smallest absolute Gasteiger partial charge is 0.118 e. The molecule has 1 aliphatic heterocycles. The molecule has 0 unspecified atom stereocenters. The third kappa shape index (κ3) is 4.93. The van der Waals surface area contributed by atoms with Crippen LogP contribution in [0.4, 0.5) is 0 Å². The van der Waals surface area contributed by atoms with Crippen molar-refractivity contribution in [3.05, 3.63) is 23.7 Å². The fourth-order valence-corrected chi connectivity index (χ4v) is 2.76. The minimum absolute atomic E-state index is 0.738. The Balaban J connectivity index is 1.71. The highest BCUT2D eigenvalue weighted by atomic mass is 16.5. The van der Waals surface area contributed by atoms with E-state index in [0.29, 0.717) is 0 Å². The van der Waals surface area contributed by atoms with E-state index in [-0.39, 0.29) is 0 Å². The fraction of sp³-hybridized carbons (Fsp3) is 0.750. The molecular formula is C16H28N2O2. The van der Waals surface area contributed by atoms with Crippen molar-refractivity contribution in [3.8, 4) is 0 Å². The minimum atomic E-state index is 0.738. The zero-order valence-electron chi connectivity index (χ0n) is 12.9. The van der Waals surface area contributed by atoms with Crippen LogP contribution in [0.2, 0.25) is 0 Å². The Kier molecular flexibility index (Phi) is 6.57. The van der Waals surface area contributed by atoms with Crippen molar-refractivity contribution < 1.29 is 9.15 Å². The summed E-state index contributed by atoms with van der Waals surface area (Å²) in [4.78, 5) is 2.48. The van der Waals surface area contributed by atoms with Gasteiger partial charge in [-0.05, 0) is 56.9 Å². The molecule has 2 rings (SSSR count). The predicted octanol–water partition coefficient (Wildman–Crippen LogP) is 2.64. The molecule has 1 aliphatic rings. The Hall–Kier alpha value is -0.840. The summed E-state index contributed by atoms with van der Waals surface area (Å²) in [6.45, 7) is 8.20. The number of likely N-dealkylation sites (tertiary alicyclic amines) is 1. The van der Waals surface area contributed by atoms with E-state index in [1.54, 1.807) is 7.11 Å². The lowest BCUT2D eigenvalue weighted by Gasteiger charge is -2.30. The molecule has 114 valence electrons. The number of rotatable bonds is 8. The Morgan fingerprint density at radius 2 is 2.05 bits per heavy atom. The first-order chi connectivity index (χ1) is 9.81. The normalized spacial score (nSPS) is 17.7. The Labute approximate surface area is 122 Å². The molecule has 0 saturated carbocycles. The molecule has 0 aromatic carbocycles. The topological polar surface area (TPSA) is 37.6 Å². The molecule has 0 bridgehead atoms. The first-order valence-electron chi connectivity index (χ1n) is 7.81. The van der Waals surface area contributed by atoms with Gasteiger partial charge in [-0.3, -0.25) is 4.90 Å². The molecule has 1 saturated heterocycles. The number of nitrogens with zero attached hydrogens (tertiary/aromatic N) is 1. The van der Waals surface area contributed by atoms with Crippen molar-refractivity contribution in [2.24, 2.45) is 5.92 Å². The zero-order valence-corrected chi connectivity index (χ0v) is 12.9. The van der Waals surface area contributed by atoms with E-state index >= 15 is 0 Å². The Morgan fingerprint density at radius 3 is 2.75 bits per heavy atom. The van der Waals surface area contributed by atoms with E-state index < -0.39 is 0 Å². The van der Waals surface area contributed by atoms with Gasteiger partial charge in [0.15, 0.2) is 0 Å². The summed E-state index contributed by atoms with van der Waals surface area (Å²) in [5.74, 6) is 2.87. The molecule has 1 fully saturated rings. The third-order valence-electron chi connectivity index (χ3n) is 3.93. The van der Waals surface area contributed by atoms with E-state index in [4.69, 9.17) is 9.15 Å². The number of piperidine rings is 1. The van der Waals surface area contributed by atoms with Crippen LogP contribution < -0.4 is 5.32 Å². The molecule has 1 N–H and O–H groups in total. The summed E-state index contributed by atoms with van der Waals surface area (Å²) in [6, 6.07) is 4.21. The van der Waals surface area contributed by atoms with Gasteiger partial charge in [-0.15, -0.1) is 0 Å². The largest absolute Gasteiger partial charge is 0.463 e. The summed E-state index contributed by atoms with van der Waals surface area (Å²) in [6.07, 6.45) is 3.63. The van der Waals surface area contributed by atoms with Gasteiger partial charge in [0.1, 0.15) is 11.5 Å². The summed E-state index contributed by atoms with van der Waals surface area (Å²) in [5, 5.41) is 3.37. The van der Waals surface area contributed by atoms with Gasteiger partial charge in [-0.1, -0.05) is 6.92 Å². The van der Waals surface area contributed by atoms with Crippen LogP contribution in [0.25, 0.3) is 0 Å². The average Bonchev–Trinajstić information content (AvgIpc) is 2.89. The molecule has 0 amide bonds. The van der Waals surface area contributed by atoms with Crippen molar-refractivity contribution in [1.29, 1.82) is 0 Å². The molecule has 0 spiro atoms. The second-order valence-electron chi connectivity index (χ2n) is 5.72. The highest BCUT2D eigenvalue weighted by Crippen LogP contribution is 2.20. The van der Waals surface area contributed by atoms with Gasteiger partial charge >= 0.3 is 0 Å². The second-order valence-corrected chi connectivity index (χ2v) is 5.72. The summed E-state index contributed by atoms with van der Waals surface area (Å²) in [7, 11) is 1.79. The molecule has 4 nitrogen and oxygen atoms in total. The molecular weight excluding hydrogens is 252 g/mol. The lowest BCUT2D eigenvalue weighted by molar-refractivity contribution is 0.0937. The van der Waals surface area contributed by atoms with Crippen molar-refractivity contribution >= 4 is 0 Å². The van der Waals surface area contributed by atoms with E-state index in [1.165, 1.54) is 12.8 Å². The third-order valence-corrected chi connectivity index (χ3v) is 3.93. The predicted molar refractivity (Wildman–Crippen MR) is 80.6 cm³/mol. The van der Waals surface area contributed by atoms with Gasteiger partial charge in [0.25, 0.3) is 0 Å². The second kappa shape index (κ2) is 8.45. The van der Waals surface area contributed by atoms with Crippen molar-refractivity contribution in [2.45, 2.75) is 39.3 Å². The van der Waals surface area contributed by atoms with Crippen LogP contribution >= 0.6 is 0 Å². The monoisotopic (exact) mass is 280 g/mol. The zero-order chi connectivity index (χ0) is 14.2. The van der Waals surface area contributed by atoms with Crippen molar-refractivity contribution in [2.75, 3.05) is 33.4 Å². The van der Waals surface area contributed by atoms with Gasteiger partial charge < -0.3 is 14.5 Å². The van der Waals surface area contributed by atoms with Crippen LogP contribution in [-0.4, -0.2) is 38.3 Å². The van der Waals surface area contributed by atoms with E-state index in [1.807, 2.05) is 0 Å². The Bertz CT molecular complexity index is 370. The van der Waals surface area contributed by atoms with Crippen LogP contribution in [0.1, 0.15) is 37.7 Å². The molecule has 1 aromatic rings. The standard InChI is InChI=1S/C16H28N2O2/c1-3-8-17-11-15-4-5-16(20-15)12-18-9-6-14(7-10-18)13-19-2/h4-5,14,17H,3,6-13H2,1-2H3. The van der Waals surface area contributed by atoms with Crippen LogP contribution in [-0.2, 0) is 17.8 Å². The van der Waals surface area contributed by atoms with E-state index in [0.717, 1.165) is 63.2 Å². The number of hydrogen-bond acceptors (Lipinski definition) is 4. The number of methoxy groups -OCH3 is 1. The van der Waals surface area contributed by atoms with Gasteiger partial charge in [0.05, 0.1) is 13.1 Å². The van der Waals surface area contributed by atoms with E-state index in [9.17, 15) is 0 Å². The summed E-state index contributed by atoms with van der Waals surface area (Å²) >= 11 is 0. The first kappa shape index (κ1) is 15.5. The molecule has 20 heavy (non-hydrogen) atoms. The fourth-order valence-electron chi connectivity index (χ4n) is 2.76. The summed E-state index contributed by atoms with van der Waals surface area (Å²) in [5.41, 5.74) is 0.